The molecule has 0 aliphatic rings. The molecule has 0 fully saturated rings. The molecule has 0 atom stereocenters. The molecule has 0 radical (unpaired) electrons. The first-order valence-electron chi connectivity index (χ1n) is 1.23. The van der Waals surface area contributed by atoms with E-state index in [4.69, 9.17) is 37.3 Å². The van der Waals surface area contributed by atoms with Crippen molar-refractivity contribution >= 4 is 23.1 Å². The Hall–Kier alpha value is 0.906. The minimum Gasteiger partial charge on any atom is -0.412 e. The van der Waals surface area contributed by atoms with Crippen molar-refractivity contribution in [3.05, 3.63) is 0 Å². The van der Waals surface area contributed by atoms with E-state index in [1.165, 1.54) is 0 Å². The summed E-state index contributed by atoms with van der Waals surface area (Å²) in [7, 11) is -9.89. The molecule has 6 N–H and O–H groups in total. The van der Waals surface area contributed by atoms with Crippen molar-refractivity contribution in [1.29, 1.82) is 0 Å². The maximum Gasteiger partial charge on any atom is 2.00 e. The second-order valence-electron chi connectivity index (χ2n) is 0.756. The van der Waals surface area contributed by atoms with Crippen LogP contribution in [0.4, 0.5) is 0 Å². The zero-order chi connectivity index (χ0) is 9.00. The van der Waals surface area contributed by atoms with Gasteiger partial charge in [0.2, 0.25) is 0 Å². The molecule has 0 aromatic carbocycles. The van der Waals surface area contributed by atoms with Crippen LogP contribution >= 0.6 is 0 Å². The van der Waals surface area contributed by atoms with Crippen LogP contribution in [0.1, 0.15) is 0 Å². The molecule has 0 unspecified atom stereocenters. The van der Waals surface area contributed by atoms with Crippen molar-refractivity contribution < 1.29 is 74.2 Å². The van der Waals surface area contributed by atoms with Crippen LogP contribution in [-0.4, -0.2) is 39.5 Å². The minimum absolute atomic E-state index is 0. The van der Waals surface area contributed by atoms with Gasteiger partial charge in [-0.3, -0.25) is 0 Å². The van der Waals surface area contributed by atoms with Crippen LogP contribution in [0.3, 0.4) is 0 Å². The van der Waals surface area contributed by atoms with Crippen molar-refractivity contribution in [3.8, 4) is 0 Å². The van der Waals surface area contributed by atoms with Gasteiger partial charge in [-0.05, 0) is 0 Å². The number of hydrogen-bond acceptors (Lipinski definition) is 8. The van der Waals surface area contributed by atoms with Crippen LogP contribution in [0.2, 0.25) is 0 Å². The van der Waals surface area contributed by atoms with Gasteiger partial charge in [0.15, 0.2) is 0 Å². The number of halogens is 2. The Morgan fingerprint density at radius 3 is 0.429 bits per heavy atom. The van der Waals surface area contributed by atoms with Crippen LogP contribution in [0.25, 0.3) is 0 Å². The van der Waals surface area contributed by atoms with E-state index in [9.17, 15) is 0 Å². The van der Waals surface area contributed by atoms with E-state index < -0.39 is 20.5 Å². The molecule has 0 aromatic rings. The molecule has 0 aliphatic heterocycles. The Morgan fingerprint density at radius 2 is 0.429 bits per heavy atom. The third-order valence-corrected chi connectivity index (χ3v) is 0. The molecule has 14 heteroatoms. The molecule has 0 saturated heterocycles. The van der Waals surface area contributed by atoms with Crippen LogP contribution < -0.4 is 37.3 Å². The predicted molar refractivity (Wildman–Crippen MR) is 16.6 cm³/mol. The van der Waals surface area contributed by atoms with Gasteiger partial charge in [-0.25, -0.2) is 37.3 Å². The summed E-state index contributed by atoms with van der Waals surface area (Å²) in [6, 6.07) is 0. The van der Waals surface area contributed by atoms with E-state index in [1.54, 1.807) is 0 Å². The Kier molecular flexibility index (Phi) is 36.1. The SMILES string of the molecule is O.O.O.[Mg+2].[O-][Cl+3]([O-])([O-])[O-].[O-][Cl+3]([O-])([O-])[O-]. The fraction of sp³-hybridized carbons (Fsp3) is 0. The van der Waals surface area contributed by atoms with Gasteiger partial charge >= 0.3 is 23.1 Å². The molecule has 0 heterocycles. The van der Waals surface area contributed by atoms with Gasteiger partial charge in [0.1, 0.15) is 0 Å². The zero-order valence-electron chi connectivity index (χ0n) is 6.23. The summed E-state index contributed by atoms with van der Waals surface area (Å²) in [5, 5.41) is 0. The predicted octanol–water partition coefficient (Wildman–Crippen LogP) is -12.4. The third-order valence-electron chi connectivity index (χ3n) is 0. The van der Waals surface area contributed by atoms with E-state index in [1.807, 2.05) is 0 Å². The summed E-state index contributed by atoms with van der Waals surface area (Å²) in [6.07, 6.45) is 0. The van der Waals surface area contributed by atoms with E-state index >= 15 is 0 Å². The molecule has 0 rings (SSSR count). The minimum atomic E-state index is -4.94. The van der Waals surface area contributed by atoms with Gasteiger partial charge in [-0.2, -0.15) is 0 Å². The van der Waals surface area contributed by atoms with Crippen LogP contribution in [0.5, 0.6) is 0 Å². The molecule has 0 aromatic heterocycles. The Labute approximate surface area is 97.4 Å². The monoisotopic (exact) mass is 276 g/mol. The standard InChI is InChI=1S/2ClHO4.Mg.3H2O/c2*2-1(3,4)5;;;;/h2*(H,2,3,4,5);;3*1H2/q;;+2;;;/p-2. The van der Waals surface area contributed by atoms with Gasteiger partial charge in [0.05, 0.1) is 0 Å². The molecular formula is H6Cl2MgO11. The van der Waals surface area contributed by atoms with Crippen molar-refractivity contribution in [1.82, 2.24) is 0 Å². The van der Waals surface area contributed by atoms with Gasteiger partial charge in [-0.1, -0.05) is 0 Å². The molecule has 0 saturated carbocycles. The van der Waals surface area contributed by atoms with Crippen LogP contribution in [-0.2, 0) is 0 Å². The molecule has 0 spiro atoms. The fourth-order valence-corrected chi connectivity index (χ4v) is 0. The molecule has 11 nitrogen and oxygen atoms in total. The largest absolute Gasteiger partial charge is 2.00 e. The van der Waals surface area contributed by atoms with Crippen LogP contribution in [0, 0.1) is 20.5 Å². The van der Waals surface area contributed by atoms with Crippen molar-refractivity contribution in [2.45, 2.75) is 0 Å². The average molecular weight is 277 g/mol. The van der Waals surface area contributed by atoms with E-state index in [2.05, 4.69) is 0 Å². The Bertz CT molecular complexity index is 56.3. The molecular weight excluding hydrogens is 271 g/mol. The smallest absolute Gasteiger partial charge is 0.412 e. The molecule has 88 valence electrons. The Balaban J connectivity index is -0.0000000178. The Morgan fingerprint density at radius 1 is 0.429 bits per heavy atom. The molecule has 0 aliphatic carbocycles. The van der Waals surface area contributed by atoms with E-state index in [-0.39, 0.29) is 39.5 Å². The first-order valence-corrected chi connectivity index (χ1v) is 3.70. The third kappa shape index (κ3) is 2230. The summed E-state index contributed by atoms with van der Waals surface area (Å²) in [5.74, 6) is 0. The summed E-state index contributed by atoms with van der Waals surface area (Å²) in [6.45, 7) is 0. The summed E-state index contributed by atoms with van der Waals surface area (Å²) >= 11 is 0. The average Bonchev–Trinajstić information content (AvgIpc) is 1.12. The van der Waals surface area contributed by atoms with Gasteiger partial charge in [0.25, 0.3) is 0 Å². The topological polar surface area (TPSA) is 279 Å². The van der Waals surface area contributed by atoms with Gasteiger partial charge in [-0.15, -0.1) is 20.5 Å². The quantitative estimate of drug-likeness (QED) is 0.381. The van der Waals surface area contributed by atoms with Gasteiger partial charge in [0, 0.05) is 0 Å². The summed E-state index contributed by atoms with van der Waals surface area (Å²) < 4.78 is 67.9. The summed E-state index contributed by atoms with van der Waals surface area (Å²) in [5.41, 5.74) is 0. The molecule has 0 bridgehead atoms. The van der Waals surface area contributed by atoms with E-state index in [0.29, 0.717) is 0 Å². The van der Waals surface area contributed by atoms with Crippen LogP contribution in [0.15, 0.2) is 0 Å². The first-order chi connectivity index (χ1) is 4.00. The summed E-state index contributed by atoms with van der Waals surface area (Å²) in [4.78, 5) is 0. The van der Waals surface area contributed by atoms with Gasteiger partial charge < -0.3 is 16.4 Å². The maximum atomic E-state index is 8.49. The molecule has 14 heavy (non-hydrogen) atoms. The van der Waals surface area contributed by atoms with E-state index in [0.717, 1.165) is 0 Å². The van der Waals surface area contributed by atoms with Crippen molar-refractivity contribution in [2.75, 3.05) is 0 Å². The second kappa shape index (κ2) is 13.9. The molecule has 0 amide bonds. The first kappa shape index (κ1) is 36.3. The number of rotatable bonds is 0. The van der Waals surface area contributed by atoms with Crippen molar-refractivity contribution in [3.63, 3.8) is 0 Å². The normalized spacial score (nSPS) is 8.57. The maximum absolute atomic E-state index is 8.49. The fourth-order valence-electron chi connectivity index (χ4n) is 0. The second-order valence-corrected chi connectivity index (χ2v) is 2.27. The zero-order valence-corrected chi connectivity index (χ0v) is 9.16. The van der Waals surface area contributed by atoms with Crippen molar-refractivity contribution in [2.24, 2.45) is 0 Å². The number of hydrogen-bond donors (Lipinski definition) is 0.